The fourth-order valence-corrected chi connectivity index (χ4v) is 3.87. The van der Waals surface area contributed by atoms with E-state index in [-0.39, 0.29) is 23.8 Å². The van der Waals surface area contributed by atoms with Gasteiger partial charge in [0.1, 0.15) is 6.10 Å². The summed E-state index contributed by atoms with van der Waals surface area (Å²) in [5.74, 6) is 1.09. The Balaban J connectivity index is 1.53. The third kappa shape index (κ3) is 4.97. The number of para-hydroxylation sites is 2. The number of fused-ring (bicyclic) bond motifs is 1. The van der Waals surface area contributed by atoms with E-state index in [9.17, 15) is 9.59 Å². The summed E-state index contributed by atoms with van der Waals surface area (Å²) in [6.45, 7) is 5.85. The molecule has 0 aliphatic carbocycles. The minimum absolute atomic E-state index is 0.0632. The number of unbranched alkanes of at least 4 members (excludes halogenated alkanes) is 3. The van der Waals surface area contributed by atoms with E-state index in [4.69, 9.17) is 9.47 Å². The molecule has 3 rings (SSSR count). The highest BCUT2D eigenvalue weighted by molar-refractivity contribution is 5.84. The van der Waals surface area contributed by atoms with E-state index in [2.05, 4.69) is 12.2 Å². The lowest BCUT2D eigenvalue weighted by molar-refractivity contribution is -0.147. The first-order chi connectivity index (χ1) is 13.6. The number of likely N-dealkylation sites (tertiary alicyclic amines) is 1. The molecule has 2 aliphatic heterocycles. The maximum atomic E-state index is 13.1. The highest BCUT2D eigenvalue weighted by Crippen LogP contribution is 2.34. The van der Waals surface area contributed by atoms with Crippen molar-refractivity contribution < 1.29 is 19.1 Å². The summed E-state index contributed by atoms with van der Waals surface area (Å²) in [5, 5.41) is 3.04. The van der Waals surface area contributed by atoms with Gasteiger partial charge < -0.3 is 19.7 Å². The highest BCUT2D eigenvalue weighted by Gasteiger charge is 2.39. The lowest BCUT2D eigenvalue weighted by Crippen LogP contribution is -2.54. The van der Waals surface area contributed by atoms with Gasteiger partial charge in [-0.3, -0.25) is 9.59 Å². The number of hydrogen-bond acceptors (Lipinski definition) is 4. The van der Waals surface area contributed by atoms with Gasteiger partial charge in [-0.1, -0.05) is 38.3 Å². The fraction of sp³-hybridized carbons (Fsp3) is 0.636. The lowest BCUT2D eigenvalue weighted by atomic mass is 9.96. The van der Waals surface area contributed by atoms with Gasteiger partial charge in [0.25, 0.3) is 5.91 Å². The quantitative estimate of drug-likeness (QED) is 0.729. The van der Waals surface area contributed by atoms with Gasteiger partial charge in [0.15, 0.2) is 11.5 Å². The summed E-state index contributed by atoms with van der Waals surface area (Å²) in [7, 11) is 0. The Kier molecular flexibility index (Phi) is 7.18. The van der Waals surface area contributed by atoms with Gasteiger partial charge in [-0.15, -0.1) is 0 Å². The van der Waals surface area contributed by atoms with Gasteiger partial charge in [0.2, 0.25) is 12.0 Å². The number of carbonyl (C=O) groups is 2. The van der Waals surface area contributed by atoms with Crippen LogP contribution in [-0.2, 0) is 9.59 Å². The smallest absolute Gasteiger partial charge is 0.267 e. The number of benzene rings is 1. The van der Waals surface area contributed by atoms with Crippen molar-refractivity contribution in [1.29, 1.82) is 0 Å². The van der Waals surface area contributed by atoms with Crippen molar-refractivity contribution >= 4 is 11.8 Å². The molecule has 3 atom stereocenters. The first-order valence-electron chi connectivity index (χ1n) is 10.6. The number of nitrogens with one attached hydrogen (secondary N) is 1. The Bertz CT molecular complexity index is 678. The number of amides is 2. The third-order valence-corrected chi connectivity index (χ3v) is 5.52. The first kappa shape index (κ1) is 20.5. The second-order valence-electron chi connectivity index (χ2n) is 7.78. The van der Waals surface area contributed by atoms with Crippen molar-refractivity contribution in [1.82, 2.24) is 10.2 Å². The van der Waals surface area contributed by atoms with E-state index in [0.29, 0.717) is 24.6 Å². The van der Waals surface area contributed by atoms with Crippen molar-refractivity contribution in [3.05, 3.63) is 24.3 Å². The average molecular weight is 389 g/mol. The van der Waals surface area contributed by atoms with Crippen molar-refractivity contribution in [2.75, 3.05) is 19.6 Å². The molecule has 6 heteroatoms. The van der Waals surface area contributed by atoms with Crippen molar-refractivity contribution in [3.8, 4) is 11.5 Å². The number of ether oxygens (including phenoxy) is 2. The van der Waals surface area contributed by atoms with Crippen LogP contribution in [0.3, 0.4) is 0 Å². The van der Waals surface area contributed by atoms with Gasteiger partial charge in [0, 0.05) is 19.6 Å². The van der Waals surface area contributed by atoms with Crippen LogP contribution in [0.1, 0.15) is 52.4 Å². The topological polar surface area (TPSA) is 67.9 Å². The molecule has 1 N–H and O–H groups in total. The summed E-state index contributed by atoms with van der Waals surface area (Å²) < 4.78 is 11.8. The molecule has 6 nitrogen and oxygen atoms in total. The SMILES string of the molecule is CCCCCCNC(=O)C1CCCN(C(=O)C2Oc3ccccc3OC2C)C1. The van der Waals surface area contributed by atoms with E-state index in [1.165, 1.54) is 12.8 Å². The predicted octanol–water partition coefficient (Wildman–Crippen LogP) is 3.15. The maximum absolute atomic E-state index is 13.1. The van der Waals surface area contributed by atoms with Gasteiger partial charge in [-0.25, -0.2) is 0 Å². The Morgan fingerprint density at radius 3 is 2.64 bits per heavy atom. The molecule has 2 aliphatic rings. The Hall–Kier alpha value is -2.24. The molecule has 1 saturated heterocycles. The Labute approximate surface area is 167 Å². The molecule has 1 aromatic rings. The molecule has 28 heavy (non-hydrogen) atoms. The Morgan fingerprint density at radius 2 is 1.89 bits per heavy atom. The van der Waals surface area contributed by atoms with Crippen molar-refractivity contribution in [3.63, 3.8) is 0 Å². The molecule has 2 amide bonds. The van der Waals surface area contributed by atoms with Crippen LogP contribution < -0.4 is 14.8 Å². The molecule has 0 bridgehead atoms. The molecule has 3 unspecified atom stereocenters. The van der Waals surface area contributed by atoms with Crippen LogP contribution in [0.15, 0.2) is 24.3 Å². The van der Waals surface area contributed by atoms with Gasteiger partial charge in [-0.2, -0.15) is 0 Å². The van der Waals surface area contributed by atoms with E-state index >= 15 is 0 Å². The number of carbonyl (C=O) groups excluding carboxylic acids is 2. The predicted molar refractivity (Wildman–Crippen MR) is 107 cm³/mol. The molecule has 2 heterocycles. The first-order valence-corrected chi connectivity index (χ1v) is 10.6. The highest BCUT2D eigenvalue weighted by atomic mass is 16.6. The molecule has 0 aromatic heterocycles. The van der Waals surface area contributed by atoms with E-state index in [0.717, 1.165) is 32.2 Å². The van der Waals surface area contributed by atoms with E-state index in [1.54, 1.807) is 4.90 Å². The summed E-state index contributed by atoms with van der Waals surface area (Å²) in [6.07, 6.45) is 5.16. The fourth-order valence-electron chi connectivity index (χ4n) is 3.87. The summed E-state index contributed by atoms with van der Waals surface area (Å²) in [6, 6.07) is 7.40. The zero-order valence-corrected chi connectivity index (χ0v) is 17.0. The van der Waals surface area contributed by atoms with Crippen LogP contribution in [0.25, 0.3) is 0 Å². The van der Waals surface area contributed by atoms with Gasteiger partial charge in [-0.05, 0) is 38.3 Å². The van der Waals surface area contributed by atoms with Crippen LogP contribution in [0, 0.1) is 5.92 Å². The number of rotatable bonds is 7. The zero-order chi connectivity index (χ0) is 19.9. The third-order valence-electron chi connectivity index (χ3n) is 5.52. The molecule has 0 radical (unpaired) electrons. The van der Waals surface area contributed by atoms with Crippen LogP contribution >= 0.6 is 0 Å². The zero-order valence-electron chi connectivity index (χ0n) is 17.0. The summed E-state index contributed by atoms with van der Waals surface area (Å²) in [5.41, 5.74) is 0. The van der Waals surface area contributed by atoms with Crippen LogP contribution in [-0.4, -0.2) is 48.6 Å². The lowest BCUT2D eigenvalue weighted by Gasteiger charge is -2.37. The number of nitrogens with zero attached hydrogens (tertiary/aromatic N) is 1. The van der Waals surface area contributed by atoms with E-state index < -0.39 is 6.10 Å². The normalized spacial score (nSPS) is 23.9. The summed E-state index contributed by atoms with van der Waals surface area (Å²) in [4.78, 5) is 27.3. The molecule has 1 aromatic carbocycles. The van der Waals surface area contributed by atoms with Gasteiger partial charge in [0.05, 0.1) is 5.92 Å². The minimum atomic E-state index is -0.675. The second kappa shape index (κ2) is 9.80. The Morgan fingerprint density at radius 1 is 1.14 bits per heavy atom. The molecule has 154 valence electrons. The van der Waals surface area contributed by atoms with Crippen LogP contribution in [0.5, 0.6) is 11.5 Å². The molecular weight excluding hydrogens is 356 g/mol. The minimum Gasteiger partial charge on any atom is -0.482 e. The van der Waals surface area contributed by atoms with Crippen LogP contribution in [0.2, 0.25) is 0 Å². The monoisotopic (exact) mass is 388 g/mol. The van der Waals surface area contributed by atoms with Gasteiger partial charge >= 0.3 is 0 Å². The van der Waals surface area contributed by atoms with Crippen molar-refractivity contribution in [2.24, 2.45) is 5.92 Å². The standard InChI is InChI=1S/C22H32N2O4/c1-3-4-5-8-13-23-21(25)17-10-9-14-24(15-17)22(26)20-16(2)27-18-11-6-7-12-19(18)28-20/h6-7,11-12,16-17,20H,3-5,8-10,13-15H2,1-2H3,(H,23,25). The maximum Gasteiger partial charge on any atom is 0.267 e. The summed E-state index contributed by atoms with van der Waals surface area (Å²) >= 11 is 0. The molecule has 1 fully saturated rings. The molecule has 0 saturated carbocycles. The second-order valence-corrected chi connectivity index (χ2v) is 7.78. The largest absolute Gasteiger partial charge is 0.482 e. The van der Waals surface area contributed by atoms with Crippen molar-refractivity contribution in [2.45, 2.75) is 64.6 Å². The molecular formula is C22H32N2O4. The number of hydrogen-bond donors (Lipinski definition) is 1. The number of piperidine rings is 1. The van der Waals surface area contributed by atoms with Crippen LogP contribution in [0.4, 0.5) is 0 Å². The average Bonchev–Trinajstić information content (AvgIpc) is 2.72. The van der Waals surface area contributed by atoms with E-state index in [1.807, 2.05) is 31.2 Å². The molecule has 0 spiro atoms.